The number of esters is 2. The molecule has 35 heavy (non-hydrogen) atoms. The van der Waals surface area contributed by atoms with Crippen LogP contribution in [0.2, 0.25) is 0 Å². The van der Waals surface area contributed by atoms with Gasteiger partial charge in [0.25, 0.3) is 5.56 Å². The second-order valence-corrected chi connectivity index (χ2v) is 8.06. The number of methoxy groups -OCH3 is 1. The highest BCUT2D eigenvalue weighted by Crippen LogP contribution is 2.34. The standard InChI is InChI=1S/C23H22BrN3O8/c1-5-33-18(28)11-34-22(30)19-21(29)25-23(31)27(26-19)14-8-12(2)20(13(3)9-14)35-15-6-7-17(32-4)16(24)10-15/h6-10H,5,11H2,1-4H3,(H,25,29,31). The fourth-order valence-corrected chi connectivity index (χ4v) is 3.66. The van der Waals surface area contributed by atoms with Crippen LogP contribution in [0, 0.1) is 13.8 Å². The van der Waals surface area contributed by atoms with Crippen molar-refractivity contribution in [2.75, 3.05) is 20.3 Å². The van der Waals surface area contributed by atoms with Crippen LogP contribution in [-0.4, -0.2) is 47.0 Å². The average molecular weight is 548 g/mol. The van der Waals surface area contributed by atoms with Crippen molar-refractivity contribution in [1.82, 2.24) is 14.8 Å². The Balaban J connectivity index is 1.92. The summed E-state index contributed by atoms with van der Waals surface area (Å²) in [6.07, 6.45) is 0. The maximum Gasteiger partial charge on any atom is 0.365 e. The third-order valence-corrected chi connectivity index (χ3v) is 5.30. The normalized spacial score (nSPS) is 10.5. The minimum Gasteiger partial charge on any atom is -0.496 e. The molecule has 3 rings (SSSR count). The van der Waals surface area contributed by atoms with Gasteiger partial charge >= 0.3 is 17.6 Å². The van der Waals surface area contributed by atoms with E-state index in [0.717, 1.165) is 9.15 Å². The lowest BCUT2D eigenvalue weighted by Gasteiger charge is -2.15. The molecule has 12 heteroatoms. The largest absolute Gasteiger partial charge is 0.496 e. The van der Waals surface area contributed by atoms with Crippen molar-refractivity contribution in [3.8, 4) is 22.9 Å². The first kappa shape index (κ1) is 25.7. The predicted molar refractivity (Wildman–Crippen MR) is 128 cm³/mol. The van der Waals surface area contributed by atoms with Crippen LogP contribution in [0.1, 0.15) is 28.5 Å². The van der Waals surface area contributed by atoms with Gasteiger partial charge < -0.3 is 18.9 Å². The highest BCUT2D eigenvalue weighted by atomic mass is 79.9. The maximum absolute atomic E-state index is 12.4. The topological polar surface area (TPSA) is 139 Å². The molecule has 1 aromatic heterocycles. The fraction of sp³-hybridized carbons (Fsp3) is 0.261. The summed E-state index contributed by atoms with van der Waals surface area (Å²) in [4.78, 5) is 50.3. The smallest absolute Gasteiger partial charge is 0.365 e. The maximum atomic E-state index is 12.4. The van der Waals surface area contributed by atoms with E-state index in [1.54, 1.807) is 58.2 Å². The number of H-pyrrole nitrogens is 1. The van der Waals surface area contributed by atoms with Crippen LogP contribution in [0.5, 0.6) is 17.2 Å². The first-order valence-electron chi connectivity index (χ1n) is 10.3. The van der Waals surface area contributed by atoms with Gasteiger partial charge in [-0.25, -0.2) is 14.4 Å². The van der Waals surface area contributed by atoms with Crippen molar-refractivity contribution < 1.29 is 28.5 Å². The highest BCUT2D eigenvalue weighted by molar-refractivity contribution is 9.10. The number of aromatic amines is 1. The third-order valence-electron chi connectivity index (χ3n) is 4.68. The Hall–Kier alpha value is -3.93. The number of halogens is 1. The van der Waals surface area contributed by atoms with E-state index >= 15 is 0 Å². The van der Waals surface area contributed by atoms with Crippen LogP contribution in [0.15, 0.2) is 44.4 Å². The number of carbonyl (C=O) groups is 2. The molecule has 0 aliphatic heterocycles. The molecule has 0 radical (unpaired) electrons. The van der Waals surface area contributed by atoms with Gasteiger partial charge in [-0.15, -0.1) is 0 Å². The Morgan fingerprint density at radius 1 is 1.09 bits per heavy atom. The van der Waals surface area contributed by atoms with E-state index in [9.17, 15) is 19.2 Å². The van der Waals surface area contributed by atoms with Gasteiger partial charge in [-0.2, -0.15) is 9.78 Å². The van der Waals surface area contributed by atoms with E-state index in [1.807, 2.05) is 4.98 Å². The molecule has 0 atom stereocenters. The fourth-order valence-electron chi connectivity index (χ4n) is 3.14. The zero-order valence-electron chi connectivity index (χ0n) is 19.3. The summed E-state index contributed by atoms with van der Waals surface area (Å²) < 4.78 is 22.3. The van der Waals surface area contributed by atoms with Gasteiger partial charge in [0.1, 0.15) is 17.2 Å². The summed E-state index contributed by atoms with van der Waals surface area (Å²) >= 11 is 3.41. The molecular weight excluding hydrogens is 526 g/mol. The molecule has 3 aromatic rings. The number of aryl methyl sites for hydroxylation is 2. The van der Waals surface area contributed by atoms with E-state index in [1.165, 1.54) is 0 Å². The second kappa shape index (κ2) is 11.0. The van der Waals surface area contributed by atoms with E-state index in [-0.39, 0.29) is 12.3 Å². The number of nitrogens with zero attached hydrogens (tertiary/aromatic N) is 2. The molecule has 2 aromatic carbocycles. The van der Waals surface area contributed by atoms with E-state index < -0.39 is 35.5 Å². The van der Waals surface area contributed by atoms with Crippen molar-refractivity contribution in [1.29, 1.82) is 0 Å². The first-order valence-corrected chi connectivity index (χ1v) is 11.1. The Morgan fingerprint density at radius 2 is 1.77 bits per heavy atom. The Bertz CT molecular complexity index is 1370. The Labute approximate surface area is 207 Å². The Morgan fingerprint density at radius 3 is 2.37 bits per heavy atom. The number of hydrogen-bond donors (Lipinski definition) is 1. The number of nitrogens with one attached hydrogen (secondary N) is 1. The van der Waals surface area contributed by atoms with Gasteiger partial charge in [-0.1, -0.05) is 0 Å². The molecule has 0 amide bonds. The molecule has 11 nitrogen and oxygen atoms in total. The average Bonchev–Trinajstić information content (AvgIpc) is 2.80. The summed E-state index contributed by atoms with van der Waals surface area (Å²) in [7, 11) is 1.56. The molecule has 0 spiro atoms. The zero-order chi connectivity index (χ0) is 25.7. The van der Waals surface area contributed by atoms with Crippen molar-refractivity contribution >= 4 is 27.9 Å². The van der Waals surface area contributed by atoms with Gasteiger partial charge in [0, 0.05) is 0 Å². The van der Waals surface area contributed by atoms with Crippen molar-refractivity contribution in [3.63, 3.8) is 0 Å². The minimum atomic E-state index is -1.17. The number of benzene rings is 2. The quantitative estimate of drug-likeness (QED) is 0.421. The molecule has 184 valence electrons. The third kappa shape index (κ3) is 5.96. The van der Waals surface area contributed by atoms with Gasteiger partial charge in [0.05, 0.1) is 23.9 Å². The summed E-state index contributed by atoms with van der Waals surface area (Å²) in [6.45, 7) is 4.55. The van der Waals surface area contributed by atoms with Crippen LogP contribution < -0.4 is 20.7 Å². The van der Waals surface area contributed by atoms with E-state index in [4.69, 9.17) is 14.2 Å². The summed E-state index contributed by atoms with van der Waals surface area (Å²) in [5.41, 5.74) is -0.977. The molecule has 0 unspecified atom stereocenters. The monoisotopic (exact) mass is 547 g/mol. The zero-order valence-corrected chi connectivity index (χ0v) is 20.9. The molecule has 0 saturated heterocycles. The second-order valence-electron chi connectivity index (χ2n) is 7.21. The number of rotatable bonds is 8. The van der Waals surface area contributed by atoms with Gasteiger partial charge in [-0.3, -0.25) is 9.78 Å². The summed E-state index contributed by atoms with van der Waals surface area (Å²) in [5, 5.41) is 3.87. The lowest BCUT2D eigenvalue weighted by molar-refractivity contribution is -0.146. The number of carbonyl (C=O) groups excluding carboxylic acids is 2. The van der Waals surface area contributed by atoms with Crippen molar-refractivity contribution in [2.45, 2.75) is 20.8 Å². The summed E-state index contributed by atoms with van der Waals surface area (Å²) in [5.74, 6) is -0.191. The highest BCUT2D eigenvalue weighted by Gasteiger charge is 2.20. The Kier molecular flexibility index (Phi) is 8.07. The molecule has 0 saturated carbocycles. The minimum absolute atomic E-state index is 0.105. The molecular formula is C23H22BrN3O8. The van der Waals surface area contributed by atoms with Gasteiger partial charge in [0.2, 0.25) is 5.69 Å². The lowest BCUT2D eigenvalue weighted by Crippen LogP contribution is -2.36. The van der Waals surface area contributed by atoms with Crippen LogP contribution in [0.3, 0.4) is 0 Å². The SMILES string of the molecule is CCOC(=O)COC(=O)c1nn(-c2cc(C)c(Oc3ccc(OC)c(Br)c3)c(C)c2)c(=O)[nH]c1=O. The van der Waals surface area contributed by atoms with Gasteiger partial charge in [-0.05, 0) is 78.2 Å². The molecule has 1 heterocycles. The number of aromatic nitrogens is 3. The number of hydrogen-bond acceptors (Lipinski definition) is 9. The molecule has 1 N–H and O–H groups in total. The molecule has 0 aliphatic carbocycles. The number of ether oxygens (including phenoxy) is 4. The van der Waals surface area contributed by atoms with Crippen LogP contribution in [-0.2, 0) is 14.3 Å². The van der Waals surface area contributed by atoms with Gasteiger partial charge in [0.15, 0.2) is 6.61 Å². The predicted octanol–water partition coefficient (Wildman–Crippen LogP) is 2.82. The van der Waals surface area contributed by atoms with E-state index in [0.29, 0.717) is 28.4 Å². The molecule has 0 aliphatic rings. The van der Waals surface area contributed by atoms with Crippen LogP contribution in [0.25, 0.3) is 5.69 Å². The molecule has 0 fully saturated rings. The van der Waals surface area contributed by atoms with Crippen molar-refractivity contribution in [2.24, 2.45) is 0 Å². The summed E-state index contributed by atoms with van der Waals surface area (Å²) in [6, 6.07) is 8.49. The van der Waals surface area contributed by atoms with Crippen LogP contribution >= 0.6 is 15.9 Å². The van der Waals surface area contributed by atoms with Crippen molar-refractivity contribution in [3.05, 3.63) is 72.5 Å². The lowest BCUT2D eigenvalue weighted by atomic mass is 10.1. The molecule has 0 bridgehead atoms. The van der Waals surface area contributed by atoms with Crippen LogP contribution in [0.4, 0.5) is 0 Å². The van der Waals surface area contributed by atoms with E-state index in [2.05, 4.69) is 25.8 Å². The first-order chi connectivity index (χ1) is 16.6.